The molecule has 1 aliphatic rings. The summed E-state index contributed by atoms with van der Waals surface area (Å²) in [5.74, 6) is -0.229. The van der Waals surface area contributed by atoms with E-state index in [-0.39, 0.29) is 5.82 Å². The third-order valence-corrected chi connectivity index (χ3v) is 1.76. The molecule has 1 aliphatic heterocycles. The van der Waals surface area contributed by atoms with E-state index in [1.807, 2.05) is 12.2 Å². The molecular formula is C10H8FN2. The summed E-state index contributed by atoms with van der Waals surface area (Å²) < 4.78 is 12.6. The summed E-state index contributed by atoms with van der Waals surface area (Å²) in [6, 6.07) is 7.15. The second-order valence-electron chi connectivity index (χ2n) is 2.67. The van der Waals surface area contributed by atoms with Crippen LogP contribution in [0.15, 0.2) is 41.5 Å². The lowest BCUT2D eigenvalue weighted by Crippen LogP contribution is -2.16. The van der Waals surface area contributed by atoms with Gasteiger partial charge in [0.25, 0.3) is 0 Å². The molecule has 0 spiro atoms. The Hall–Kier alpha value is -1.64. The van der Waals surface area contributed by atoms with Gasteiger partial charge in [-0.15, -0.1) is 0 Å². The number of benzene rings is 1. The van der Waals surface area contributed by atoms with E-state index in [1.165, 1.54) is 12.1 Å². The lowest BCUT2D eigenvalue weighted by molar-refractivity contribution is 0.627. The van der Waals surface area contributed by atoms with Gasteiger partial charge in [0.15, 0.2) is 0 Å². The number of hydrogen-bond donors (Lipinski definition) is 1. The molecule has 0 fully saturated rings. The first kappa shape index (κ1) is 7.98. The molecule has 0 aromatic heterocycles. The van der Waals surface area contributed by atoms with Crippen LogP contribution in [0.4, 0.5) is 4.39 Å². The first-order chi connectivity index (χ1) is 6.36. The molecule has 0 amide bonds. The molecule has 65 valence electrons. The minimum absolute atomic E-state index is 0.229. The van der Waals surface area contributed by atoms with Crippen molar-refractivity contribution < 1.29 is 4.39 Å². The first-order valence-electron chi connectivity index (χ1n) is 3.95. The van der Waals surface area contributed by atoms with Crippen molar-refractivity contribution >= 4 is 6.21 Å². The van der Waals surface area contributed by atoms with Gasteiger partial charge in [-0.25, -0.2) is 4.39 Å². The van der Waals surface area contributed by atoms with E-state index in [1.54, 1.807) is 18.3 Å². The van der Waals surface area contributed by atoms with Gasteiger partial charge in [0.2, 0.25) is 0 Å². The Morgan fingerprint density at radius 2 is 1.92 bits per heavy atom. The Kier molecular flexibility index (Phi) is 2.08. The van der Waals surface area contributed by atoms with Crippen LogP contribution in [0.3, 0.4) is 0 Å². The molecule has 2 nitrogen and oxygen atoms in total. The molecule has 0 atom stereocenters. The van der Waals surface area contributed by atoms with Gasteiger partial charge in [0.1, 0.15) is 11.9 Å². The van der Waals surface area contributed by atoms with Crippen molar-refractivity contribution in [3.63, 3.8) is 0 Å². The highest BCUT2D eigenvalue weighted by Crippen LogP contribution is 2.14. The predicted molar refractivity (Wildman–Crippen MR) is 49.5 cm³/mol. The summed E-state index contributed by atoms with van der Waals surface area (Å²) in [7, 11) is 0. The smallest absolute Gasteiger partial charge is 0.130 e. The fraction of sp³-hybridized carbons (Fsp3) is 0. The van der Waals surface area contributed by atoms with Gasteiger partial charge in [0.05, 0.1) is 0 Å². The van der Waals surface area contributed by atoms with Crippen molar-refractivity contribution in [2.75, 3.05) is 0 Å². The highest BCUT2D eigenvalue weighted by molar-refractivity contribution is 5.73. The number of halogens is 1. The van der Waals surface area contributed by atoms with Crippen LogP contribution in [-0.2, 0) is 0 Å². The Balaban J connectivity index is 2.21. The molecule has 3 heteroatoms. The van der Waals surface area contributed by atoms with Crippen molar-refractivity contribution in [2.45, 2.75) is 0 Å². The molecule has 13 heavy (non-hydrogen) atoms. The number of allylic oxidation sites excluding steroid dienone is 1. The van der Waals surface area contributed by atoms with Crippen LogP contribution in [-0.4, -0.2) is 6.21 Å². The van der Waals surface area contributed by atoms with Gasteiger partial charge >= 0.3 is 0 Å². The van der Waals surface area contributed by atoms with Crippen LogP contribution in [0.25, 0.3) is 0 Å². The zero-order chi connectivity index (χ0) is 9.10. The standard InChI is InChI=1S/C10H8FN2/c11-9-5-3-8(4-6-9)10-2-1-7-12-13-10/h1-7,13H. The second kappa shape index (κ2) is 3.39. The number of hydrazone groups is 1. The third kappa shape index (κ3) is 1.75. The minimum Gasteiger partial charge on any atom is -0.292 e. The van der Waals surface area contributed by atoms with Crippen LogP contribution in [0.5, 0.6) is 0 Å². The summed E-state index contributed by atoms with van der Waals surface area (Å²) in [4.78, 5) is 0. The summed E-state index contributed by atoms with van der Waals surface area (Å²) in [6.45, 7) is 0. The Labute approximate surface area is 75.8 Å². The van der Waals surface area contributed by atoms with E-state index in [4.69, 9.17) is 0 Å². The summed E-state index contributed by atoms with van der Waals surface area (Å²) in [6.07, 6.45) is 5.38. The Morgan fingerprint density at radius 1 is 1.15 bits per heavy atom. The average molecular weight is 175 g/mol. The number of rotatable bonds is 1. The molecular weight excluding hydrogens is 167 g/mol. The Bertz CT molecular complexity index is 340. The summed E-state index contributed by atoms with van der Waals surface area (Å²) in [5, 5.41) is 3.86. The van der Waals surface area contributed by atoms with E-state index in [0.717, 1.165) is 11.6 Å². The monoisotopic (exact) mass is 175 g/mol. The predicted octanol–water partition coefficient (Wildman–Crippen LogP) is 1.85. The van der Waals surface area contributed by atoms with Crippen LogP contribution in [0.2, 0.25) is 0 Å². The molecule has 1 heterocycles. The van der Waals surface area contributed by atoms with E-state index in [9.17, 15) is 4.39 Å². The maximum absolute atomic E-state index is 12.6. The fourth-order valence-electron chi connectivity index (χ4n) is 1.12. The number of nitrogens with one attached hydrogen (secondary N) is 1. The van der Waals surface area contributed by atoms with Gasteiger partial charge < -0.3 is 0 Å². The molecule has 0 unspecified atom stereocenters. The molecule has 1 N–H and O–H groups in total. The summed E-state index contributed by atoms with van der Waals surface area (Å²) >= 11 is 0. The molecule has 1 aromatic carbocycles. The Morgan fingerprint density at radius 3 is 2.54 bits per heavy atom. The van der Waals surface area contributed by atoms with Gasteiger partial charge in [-0.1, -0.05) is 12.1 Å². The van der Waals surface area contributed by atoms with Crippen molar-refractivity contribution in [1.82, 2.24) is 5.43 Å². The molecule has 2 rings (SSSR count). The van der Waals surface area contributed by atoms with Gasteiger partial charge in [-0.05, 0) is 29.8 Å². The normalized spacial score (nSPS) is 15.8. The molecule has 0 bridgehead atoms. The van der Waals surface area contributed by atoms with Crippen LogP contribution >= 0.6 is 0 Å². The zero-order valence-electron chi connectivity index (χ0n) is 6.87. The van der Waals surface area contributed by atoms with Gasteiger partial charge in [-0.3, -0.25) is 5.43 Å². The number of hydrogen-bond acceptors (Lipinski definition) is 2. The fourth-order valence-corrected chi connectivity index (χ4v) is 1.12. The second-order valence-corrected chi connectivity index (χ2v) is 2.67. The number of nitrogens with zero attached hydrogens (tertiary/aromatic N) is 1. The maximum atomic E-state index is 12.6. The van der Waals surface area contributed by atoms with Crippen LogP contribution in [0, 0.1) is 11.9 Å². The van der Waals surface area contributed by atoms with Gasteiger partial charge in [0, 0.05) is 6.21 Å². The lowest BCUT2D eigenvalue weighted by atomic mass is 10.1. The SMILES string of the molecule is Fc1ccc([C]2C=CC=NN2)cc1. The van der Waals surface area contributed by atoms with Crippen molar-refractivity contribution in [2.24, 2.45) is 5.10 Å². The first-order valence-corrected chi connectivity index (χ1v) is 3.95. The molecule has 1 radical (unpaired) electrons. The van der Waals surface area contributed by atoms with Gasteiger partial charge in [-0.2, -0.15) is 5.10 Å². The molecule has 0 saturated heterocycles. The van der Waals surface area contributed by atoms with Crippen molar-refractivity contribution in [1.29, 1.82) is 0 Å². The highest BCUT2D eigenvalue weighted by Gasteiger charge is 2.08. The zero-order valence-corrected chi connectivity index (χ0v) is 6.87. The minimum atomic E-state index is -0.229. The maximum Gasteiger partial charge on any atom is 0.130 e. The highest BCUT2D eigenvalue weighted by atomic mass is 19.1. The van der Waals surface area contributed by atoms with E-state index in [2.05, 4.69) is 10.5 Å². The average Bonchev–Trinajstić information content (AvgIpc) is 2.20. The van der Waals surface area contributed by atoms with E-state index in [0.29, 0.717) is 0 Å². The lowest BCUT2D eigenvalue weighted by Gasteiger charge is -2.13. The van der Waals surface area contributed by atoms with Crippen LogP contribution < -0.4 is 5.43 Å². The summed E-state index contributed by atoms with van der Waals surface area (Å²) in [5.41, 5.74) is 3.76. The quantitative estimate of drug-likeness (QED) is 0.692. The largest absolute Gasteiger partial charge is 0.292 e. The van der Waals surface area contributed by atoms with Crippen molar-refractivity contribution in [3.05, 3.63) is 53.8 Å². The van der Waals surface area contributed by atoms with E-state index >= 15 is 0 Å². The van der Waals surface area contributed by atoms with Crippen molar-refractivity contribution in [3.8, 4) is 0 Å². The topological polar surface area (TPSA) is 24.4 Å². The molecule has 1 aromatic rings. The molecule has 0 aliphatic carbocycles. The van der Waals surface area contributed by atoms with Crippen LogP contribution in [0.1, 0.15) is 5.56 Å². The third-order valence-electron chi connectivity index (χ3n) is 1.76. The van der Waals surface area contributed by atoms with E-state index < -0.39 is 0 Å². The molecule has 0 saturated carbocycles.